The SMILES string of the molecule is P=NNC1=NC=CB1. The van der Waals surface area contributed by atoms with E-state index in [1.54, 1.807) is 6.20 Å². The predicted molar refractivity (Wildman–Crippen MR) is 37.6 cm³/mol. The van der Waals surface area contributed by atoms with E-state index < -0.39 is 0 Å². The van der Waals surface area contributed by atoms with Gasteiger partial charge in [-0.05, 0) is 0 Å². The van der Waals surface area contributed by atoms with Gasteiger partial charge in [-0.3, -0.25) is 10.4 Å². The summed E-state index contributed by atoms with van der Waals surface area (Å²) in [4.78, 5) is 7.43. The van der Waals surface area contributed by atoms with E-state index in [0.717, 1.165) is 13.0 Å². The third kappa shape index (κ3) is 1.17. The Morgan fingerprint density at radius 1 is 1.88 bits per heavy atom. The largest absolute Gasteiger partial charge is 0.271 e. The Labute approximate surface area is 50.4 Å². The summed E-state index contributed by atoms with van der Waals surface area (Å²) < 4.78 is 0. The van der Waals surface area contributed by atoms with Crippen molar-refractivity contribution in [3.63, 3.8) is 0 Å². The molecule has 1 aliphatic heterocycles. The first-order chi connectivity index (χ1) is 3.93. The molecule has 0 unspecified atom stereocenters. The summed E-state index contributed by atoms with van der Waals surface area (Å²) in [5.74, 6) is 1.96. The molecule has 0 aromatic heterocycles. The maximum absolute atomic E-state index is 3.93. The van der Waals surface area contributed by atoms with Gasteiger partial charge in [0.05, 0.1) is 5.73 Å². The van der Waals surface area contributed by atoms with Crippen LogP contribution in [0.2, 0.25) is 0 Å². The van der Waals surface area contributed by atoms with Gasteiger partial charge in [-0.25, -0.2) is 0 Å². The number of aliphatic imine (C=N–C) groups is 1. The van der Waals surface area contributed by atoms with Crippen molar-refractivity contribution >= 4 is 22.0 Å². The lowest BCUT2D eigenvalue weighted by atomic mass is 9.79. The van der Waals surface area contributed by atoms with Crippen LogP contribution in [-0.2, 0) is 0 Å². The molecule has 0 fully saturated rings. The summed E-state index contributed by atoms with van der Waals surface area (Å²) in [6, 6.07) is 0. The van der Waals surface area contributed by atoms with Gasteiger partial charge in [-0.2, -0.15) is 4.85 Å². The van der Waals surface area contributed by atoms with Crippen LogP contribution >= 0.6 is 9.03 Å². The van der Waals surface area contributed by atoms with E-state index in [-0.39, 0.29) is 0 Å². The first-order valence-corrected chi connectivity index (χ1v) is 2.72. The van der Waals surface area contributed by atoms with Crippen molar-refractivity contribution in [1.29, 1.82) is 0 Å². The highest BCUT2D eigenvalue weighted by Crippen LogP contribution is 1.86. The molecule has 0 radical (unpaired) electrons. The molecule has 40 valence electrons. The summed E-state index contributed by atoms with van der Waals surface area (Å²) in [5, 5.41) is 0. The van der Waals surface area contributed by atoms with Crippen LogP contribution in [0, 0.1) is 0 Å². The zero-order valence-corrected chi connectivity index (χ0v) is 5.26. The predicted octanol–water partition coefficient (Wildman–Crippen LogP) is 0.0947. The number of amidine groups is 1. The maximum atomic E-state index is 3.93. The second kappa shape index (κ2) is 2.63. The Hall–Kier alpha value is -0.625. The van der Waals surface area contributed by atoms with E-state index in [9.17, 15) is 0 Å². The molecule has 0 saturated heterocycles. The average Bonchev–Trinajstić information content (AvgIpc) is 2.19. The monoisotopic (exact) mass is 125 g/mol. The molecule has 8 heavy (non-hydrogen) atoms. The zero-order chi connectivity index (χ0) is 5.82. The van der Waals surface area contributed by atoms with Crippen LogP contribution < -0.4 is 5.43 Å². The lowest BCUT2D eigenvalue weighted by molar-refractivity contribution is 1.07. The van der Waals surface area contributed by atoms with Crippen LogP contribution in [0.4, 0.5) is 0 Å². The van der Waals surface area contributed by atoms with Crippen LogP contribution in [0.3, 0.4) is 0 Å². The van der Waals surface area contributed by atoms with Gasteiger partial charge in [0.2, 0.25) is 7.28 Å². The average molecular weight is 125 g/mol. The summed E-state index contributed by atoms with van der Waals surface area (Å²) in [5.41, 5.74) is 3.55. The summed E-state index contributed by atoms with van der Waals surface area (Å²) in [6.45, 7) is 0. The molecule has 3 nitrogen and oxygen atoms in total. The molecule has 1 aliphatic rings. The minimum absolute atomic E-state index is 0.855. The minimum Gasteiger partial charge on any atom is -0.271 e. The van der Waals surface area contributed by atoms with Crippen molar-refractivity contribution in [2.75, 3.05) is 0 Å². The third-order valence-electron chi connectivity index (χ3n) is 0.832. The standard InChI is InChI=1S/C3H5BN3P/c8-7-6-3-4-1-2-5-3/h1-2,4,8H,(H,5,6). The number of hydrogen-bond donors (Lipinski definition) is 1. The van der Waals surface area contributed by atoms with Gasteiger partial charge in [0.25, 0.3) is 0 Å². The molecule has 0 bridgehead atoms. The smallest absolute Gasteiger partial charge is 0.233 e. The molecular weight excluding hydrogens is 120 g/mol. The van der Waals surface area contributed by atoms with Gasteiger partial charge in [-0.15, -0.1) is 0 Å². The highest BCUT2D eigenvalue weighted by molar-refractivity contribution is 7.04. The van der Waals surface area contributed by atoms with E-state index in [1.807, 2.05) is 5.98 Å². The van der Waals surface area contributed by atoms with Crippen molar-refractivity contribution in [2.45, 2.75) is 0 Å². The van der Waals surface area contributed by atoms with Gasteiger partial charge in [0.15, 0.2) is 0 Å². The molecule has 5 heteroatoms. The number of nitrogens with zero attached hydrogens (tertiary/aromatic N) is 2. The van der Waals surface area contributed by atoms with Crippen LogP contribution in [-0.4, -0.2) is 13.0 Å². The van der Waals surface area contributed by atoms with Crippen LogP contribution in [0.5, 0.6) is 0 Å². The fourth-order valence-corrected chi connectivity index (χ4v) is 0.628. The molecule has 0 atom stereocenters. The zero-order valence-electron chi connectivity index (χ0n) is 4.26. The van der Waals surface area contributed by atoms with Gasteiger partial charge >= 0.3 is 0 Å². The maximum Gasteiger partial charge on any atom is 0.233 e. The molecule has 1 rings (SSSR count). The lowest BCUT2D eigenvalue weighted by Crippen LogP contribution is -2.19. The Kier molecular flexibility index (Phi) is 1.81. The molecule has 0 amide bonds. The lowest BCUT2D eigenvalue weighted by Gasteiger charge is -1.91. The first-order valence-electron chi connectivity index (χ1n) is 2.27. The Morgan fingerprint density at radius 2 is 2.75 bits per heavy atom. The number of hydrogen-bond acceptors (Lipinski definition) is 2. The second-order valence-corrected chi connectivity index (χ2v) is 1.61. The third-order valence-corrected chi connectivity index (χ3v) is 0.944. The van der Waals surface area contributed by atoms with E-state index in [1.165, 1.54) is 0 Å². The number of rotatable bonds is 1. The number of nitrogens with one attached hydrogen (secondary N) is 1. The first kappa shape index (κ1) is 5.51. The van der Waals surface area contributed by atoms with E-state index >= 15 is 0 Å². The van der Waals surface area contributed by atoms with E-state index in [2.05, 4.69) is 24.3 Å². The Balaban J connectivity index is 2.39. The fraction of sp³-hybridized carbons (Fsp3) is 0. The van der Waals surface area contributed by atoms with Gasteiger partial charge in [0, 0.05) is 15.2 Å². The topological polar surface area (TPSA) is 36.8 Å². The summed E-state index contributed by atoms with van der Waals surface area (Å²) in [7, 11) is 3.76. The molecule has 0 aliphatic carbocycles. The highest BCUT2D eigenvalue weighted by atomic mass is 31.0. The Morgan fingerprint density at radius 3 is 3.25 bits per heavy atom. The normalized spacial score (nSPS) is 14.8. The summed E-state index contributed by atoms with van der Waals surface area (Å²) in [6.07, 6.45) is 1.75. The van der Waals surface area contributed by atoms with E-state index in [4.69, 9.17) is 0 Å². The quantitative estimate of drug-likeness (QED) is 0.301. The molecule has 1 heterocycles. The molecule has 0 spiro atoms. The van der Waals surface area contributed by atoms with Crippen LogP contribution in [0.25, 0.3) is 0 Å². The van der Waals surface area contributed by atoms with Crippen LogP contribution in [0.15, 0.2) is 22.0 Å². The van der Waals surface area contributed by atoms with Crippen molar-refractivity contribution in [2.24, 2.45) is 9.85 Å². The van der Waals surface area contributed by atoms with Crippen molar-refractivity contribution in [3.05, 3.63) is 12.2 Å². The fourth-order valence-electron chi connectivity index (χ4n) is 0.499. The van der Waals surface area contributed by atoms with Crippen LogP contribution in [0.1, 0.15) is 0 Å². The molecule has 0 saturated carbocycles. The van der Waals surface area contributed by atoms with Gasteiger partial charge in [-0.1, -0.05) is 5.98 Å². The van der Waals surface area contributed by atoms with E-state index in [0.29, 0.717) is 0 Å². The molecule has 1 N–H and O–H groups in total. The Bertz CT molecular complexity index is 153. The molecule has 0 aromatic rings. The van der Waals surface area contributed by atoms with Crippen molar-refractivity contribution in [1.82, 2.24) is 5.43 Å². The van der Waals surface area contributed by atoms with Crippen molar-refractivity contribution < 1.29 is 0 Å². The minimum atomic E-state index is 0.855. The summed E-state index contributed by atoms with van der Waals surface area (Å²) >= 11 is 0. The van der Waals surface area contributed by atoms with Gasteiger partial charge in [0.1, 0.15) is 0 Å². The second-order valence-electron chi connectivity index (χ2n) is 1.39. The highest BCUT2D eigenvalue weighted by Gasteiger charge is 1.98. The van der Waals surface area contributed by atoms with Crippen molar-refractivity contribution in [3.8, 4) is 0 Å². The molecular formula is C3H5BN3P. The van der Waals surface area contributed by atoms with Gasteiger partial charge < -0.3 is 0 Å². The molecule has 0 aromatic carbocycles.